The third-order valence-electron chi connectivity index (χ3n) is 4.67. The SMILES string of the molecule is CC(c1ccc(Cl)cc1)N(C1CC1)S(=O)(=O)c1ccc(C(=O)O)c(C(=O)O)c1. The Morgan fingerprint density at radius 3 is 2.11 bits per heavy atom. The lowest BCUT2D eigenvalue weighted by atomic mass is 10.1. The van der Waals surface area contributed by atoms with E-state index in [4.69, 9.17) is 16.7 Å². The number of rotatable bonds is 7. The first-order valence-corrected chi connectivity index (χ1v) is 10.3. The Morgan fingerprint density at radius 1 is 1.04 bits per heavy atom. The minimum Gasteiger partial charge on any atom is -0.478 e. The smallest absolute Gasteiger partial charge is 0.336 e. The molecule has 2 aromatic rings. The summed E-state index contributed by atoms with van der Waals surface area (Å²) in [7, 11) is -4.05. The fourth-order valence-electron chi connectivity index (χ4n) is 3.11. The van der Waals surface area contributed by atoms with E-state index >= 15 is 0 Å². The summed E-state index contributed by atoms with van der Waals surface area (Å²) in [5.74, 6) is -2.94. The summed E-state index contributed by atoms with van der Waals surface area (Å²) >= 11 is 5.91. The third kappa shape index (κ3) is 3.89. The lowest BCUT2D eigenvalue weighted by molar-refractivity contribution is 0.0651. The third-order valence-corrected chi connectivity index (χ3v) is 6.94. The van der Waals surface area contributed by atoms with Crippen LogP contribution in [0.25, 0.3) is 0 Å². The van der Waals surface area contributed by atoms with Crippen LogP contribution in [-0.2, 0) is 10.0 Å². The number of aromatic carboxylic acids is 2. The number of hydrogen-bond donors (Lipinski definition) is 2. The predicted octanol–water partition coefficient (Wildman–Crippen LogP) is 3.65. The van der Waals surface area contributed by atoms with Crippen molar-refractivity contribution >= 4 is 33.6 Å². The van der Waals surface area contributed by atoms with Crippen molar-refractivity contribution in [2.24, 2.45) is 0 Å². The summed E-state index contributed by atoms with van der Waals surface area (Å²) < 4.78 is 28.0. The standard InChI is InChI=1S/C19H18ClNO6S/c1-11(12-2-4-13(20)5-3-12)21(14-6-7-14)28(26,27)15-8-9-16(18(22)23)17(10-15)19(24)25/h2-5,8-11,14H,6-7H2,1H3,(H,22,23)(H,24,25). The lowest BCUT2D eigenvalue weighted by Gasteiger charge is -2.29. The maximum absolute atomic E-state index is 13.3. The Labute approximate surface area is 167 Å². The van der Waals surface area contributed by atoms with E-state index in [9.17, 15) is 23.1 Å². The van der Waals surface area contributed by atoms with Crippen LogP contribution in [0, 0.1) is 0 Å². The van der Waals surface area contributed by atoms with Crippen molar-refractivity contribution in [3.05, 3.63) is 64.2 Å². The van der Waals surface area contributed by atoms with Crippen LogP contribution in [0.2, 0.25) is 5.02 Å². The molecule has 1 unspecified atom stereocenters. The molecule has 1 fully saturated rings. The molecule has 7 nitrogen and oxygen atoms in total. The molecule has 0 heterocycles. The highest BCUT2D eigenvalue weighted by Gasteiger charge is 2.42. The topological polar surface area (TPSA) is 112 Å². The Balaban J connectivity index is 2.06. The number of nitrogens with zero attached hydrogens (tertiary/aromatic N) is 1. The fraction of sp³-hybridized carbons (Fsp3) is 0.263. The second-order valence-corrected chi connectivity index (χ2v) is 8.89. The molecule has 3 rings (SSSR count). The minimum atomic E-state index is -4.05. The zero-order chi connectivity index (χ0) is 20.6. The molecule has 9 heteroatoms. The highest BCUT2D eigenvalue weighted by atomic mass is 35.5. The molecule has 0 amide bonds. The highest BCUT2D eigenvalue weighted by Crippen LogP contribution is 2.39. The zero-order valence-electron chi connectivity index (χ0n) is 14.9. The van der Waals surface area contributed by atoms with Crippen LogP contribution < -0.4 is 0 Å². The summed E-state index contributed by atoms with van der Waals surface area (Å²) in [6, 6.07) is 9.20. The molecule has 2 N–H and O–H groups in total. The second-order valence-electron chi connectivity index (χ2n) is 6.61. The van der Waals surface area contributed by atoms with Crippen LogP contribution in [0.4, 0.5) is 0 Å². The molecule has 2 aromatic carbocycles. The van der Waals surface area contributed by atoms with Gasteiger partial charge in [0.25, 0.3) is 0 Å². The number of carbonyl (C=O) groups is 2. The van der Waals surface area contributed by atoms with Crippen LogP contribution in [-0.4, -0.2) is 40.9 Å². The van der Waals surface area contributed by atoms with Crippen LogP contribution in [0.5, 0.6) is 0 Å². The second kappa shape index (κ2) is 7.54. The Hall–Kier alpha value is -2.42. The monoisotopic (exact) mass is 423 g/mol. The van der Waals surface area contributed by atoms with Gasteiger partial charge in [0.15, 0.2) is 0 Å². The van der Waals surface area contributed by atoms with Crippen LogP contribution >= 0.6 is 11.6 Å². The van der Waals surface area contributed by atoms with Crippen LogP contribution in [0.1, 0.15) is 52.1 Å². The summed E-state index contributed by atoms with van der Waals surface area (Å²) in [5.41, 5.74) is -0.279. The van der Waals surface area contributed by atoms with Gasteiger partial charge in [0.1, 0.15) is 0 Å². The van der Waals surface area contributed by atoms with Gasteiger partial charge in [-0.1, -0.05) is 23.7 Å². The molecule has 0 radical (unpaired) electrons. The van der Waals surface area contributed by atoms with E-state index in [-0.39, 0.29) is 10.9 Å². The molecule has 0 bridgehead atoms. The Morgan fingerprint density at radius 2 is 1.61 bits per heavy atom. The molecule has 1 atom stereocenters. The summed E-state index contributed by atoms with van der Waals surface area (Å²) in [6.45, 7) is 1.75. The van der Waals surface area contributed by atoms with Crippen molar-refractivity contribution in [2.75, 3.05) is 0 Å². The maximum atomic E-state index is 13.3. The van der Waals surface area contributed by atoms with Gasteiger partial charge >= 0.3 is 11.9 Å². The van der Waals surface area contributed by atoms with Gasteiger partial charge in [0, 0.05) is 17.1 Å². The quantitative estimate of drug-likeness (QED) is 0.702. The first-order chi connectivity index (χ1) is 13.1. The first kappa shape index (κ1) is 20.3. The molecular weight excluding hydrogens is 406 g/mol. The number of carboxylic acids is 2. The van der Waals surface area contributed by atoms with E-state index in [0.717, 1.165) is 23.8 Å². The van der Waals surface area contributed by atoms with Gasteiger partial charge < -0.3 is 10.2 Å². The fourth-order valence-corrected chi connectivity index (χ4v) is 5.12. The average molecular weight is 424 g/mol. The van der Waals surface area contributed by atoms with Crippen LogP contribution in [0.3, 0.4) is 0 Å². The number of benzene rings is 2. The molecule has 1 saturated carbocycles. The van der Waals surface area contributed by atoms with E-state index in [2.05, 4.69) is 0 Å². The average Bonchev–Trinajstić information content (AvgIpc) is 3.46. The molecule has 0 aliphatic heterocycles. The first-order valence-electron chi connectivity index (χ1n) is 8.52. The predicted molar refractivity (Wildman–Crippen MR) is 102 cm³/mol. The Kier molecular flexibility index (Phi) is 5.47. The van der Waals surface area contributed by atoms with Gasteiger partial charge in [-0.05, 0) is 55.7 Å². The van der Waals surface area contributed by atoms with Gasteiger partial charge in [-0.15, -0.1) is 0 Å². The van der Waals surface area contributed by atoms with Gasteiger partial charge in [-0.2, -0.15) is 4.31 Å². The van der Waals surface area contributed by atoms with E-state index in [1.54, 1.807) is 31.2 Å². The number of carboxylic acid groups (broad SMARTS) is 2. The molecule has 1 aliphatic rings. The Bertz CT molecular complexity index is 1030. The van der Waals surface area contributed by atoms with Gasteiger partial charge in [0.05, 0.1) is 16.0 Å². The zero-order valence-corrected chi connectivity index (χ0v) is 16.4. The largest absolute Gasteiger partial charge is 0.478 e. The molecule has 1 aliphatic carbocycles. The van der Waals surface area contributed by atoms with Crippen molar-refractivity contribution in [2.45, 2.75) is 36.7 Å². The van der Waals surface area contributed by atoms with Crippen molar-refractivity contribution in [1.29, 1.82) is 0 Å². The summed E-state index contributed by atoms with van der Waals surface area (Å²) in [6.07, 6.45) is 1.41. The number of halogens is 1. The molecule has 148 valence electrons. The lowest BCUT2D eigenvalue weighted by Crippen LogP contribution is -2.35. The van der Waals surface area contributed by atoms with Crippen molar-refractivity contribution in [3.8, 4) is 0 Å². The van der Waals surface area contributed by atoms with E-state index in [0.29, 0.717) is 17.9 Å². The summed E-state index contributed by atoms with van der Waals surface area (Å²) in [5, 5.41) is 19.0. The van der Waals surface area contributed by atoms with Crippen molar-refractivity contribution < 1.29 is 28.2 Å². The van der Waals surface area contributed by atoms with E-state index in [1.807, 2.05) is 0 Å². The van der Waals surface area contributed by atoms with E-state index in [1.165, 1.54) is 4.31 Å². The molecular formula is C19H18ClNO6S. The normalized spacial score (nSPS) is 15.4. The van der Waals surface area contributed by atoms with Gasteiger partial charge in [0.2, 0.25) is 10.0 Å². The highest BCUT2D eigenvalue weighted by molar-refractivity contribution is 7.89. The van der Waals surface area contributed by atoms with Crippen molar-refractivity contribution in [3.63, 3.8) is 0 Å². The van der Waals surface area contributed by atoms with E-state index < -0.39 is 39.1 Å². The molecule has 0 spiro atoms. The van der Waals surface area contributed by atoms with Gasteiger partial charge in [-0.3, -0.25) is 0 Å². The molecule has 0 saturated heterocycles. The van der Waals surface area contributed by atoms with Crippen LogP contribution in [0.15, 0.2) is 47.4 Å². The molecule has 0 aromatic heterocycles. The number of hydrogen-bond acceptors (Lipinski definition) is 4. The van der Waals surface area contributed by atoms with Gasteiger partial charge in [-0.25, -0.2) is 18.0 Å². The van der Waals surface area contributed by atoms with Crippen molar-refractivity contribution in [1.82, 2.24) is 4.31 Å². The number of sulfonamides is 1. The summed E-state index contributed by atoms with van der Waals surface area (Å²) in [4.78, 5) is 22.4. The maximum Gasteiger partial charge on any atom is 0.336 e. The molecule has 28 heavy (non-hydrogen) atoms. The minimum absolute atomic E-state index is 0.192.